The minimum Gasteiger partial charge on any atom is -0.481 e. The van der Waals surface area contributed by atoms with Crippen molar-refractivity contribution >= 4 is 18.0 Å². The highest BCUT2D eigenvalue weighted by atomic mass is 16.4. The van der Waals surface area contributed by atoms with E-state index in [4.69, 9.17) is 0 Å². The second-order valence-corrected chi connectivity index (χ2v) is 9.03. The number of hydrogen-bond acceptors (Lipinski definition) is 6. The number of carboxylic acids is 1. The van der Waals surface area contributed by atoms with Crippen LogP contribution in [0.3, 0.4) is 0 Å². The summed E-state index contributed by atoms with van der Waals surface area (Å²) in [6, 6.07) is 8.25. The van der Waals surface area contributed by atoms with Gasteiger partial charge in [0.05, 0.1) is 23.8 Å². The summed E-state index contributed by atoms with van der Waals surface area (Å²) in [6.45, 7) is 4.89. The van der Waals surface area contributed by atoms with Gasteiger partial charge in [0.15, 0.2) is 5.69 Å². The molecule has 3 N–H and O–H groups in total. The fourth-order valence-corrected chi connectivity index (χ4v) is 4.21. The number of aliphatic hydroxyl groups excluding tert-OH is 1. The maximum atomic E-state index is 13.6. The molecule has 0 unspecified atom stereocenters. The Morgan fingerprint density at radius 3 is 2.42 bits per heavy atom. The van der Waals surface area contributed by atoms with Gasteiger partial charge in [-0.2, -0.15) is 0 Å². The summed E-state index contributed by atoms with van der Waals surface area (Å²) in [5.74, 6) is -1.63. The first-order chi connectivity index (χ1) is 15.6. The maximum absolute atomic E-state index is 13.6. The number of para-hydroxylation sites is 1. The number of benzene rings is 1. The number of aliphatic hydroxyl groups is 1. The molecule has 1 aromatic heterocycles. The van der Waals surface area contributed by atoms with Crippen LogP contribution in [-0.4, -0.2) is 83.8 Å². The van der Waals surface area contributed by atoms with Crippen LogP contribution in [0.15, 0.2) is 30.3 Å². The molecule has 2 heterocycles. The zero-order chi connectivity index (χ0) is 24.3. The first kappa shape index (κ1) is 24.2. The quantitative estimate of drug-likeness (QED) is 0.566. The van der Waals surface area contributed by atoms with Crippen LogP contribution in [0, 0.1) is 11.3 Å². The molecule has 11 nitrogen and oxygen atoms in total. The maximum Gasteiger partial charge on any atom is 0.407 e. The second-order valence-electron chi connectivity index (χ2n) is 9.03. The van der Waals surface area contributed by atoms with Gasteiger partial charge >= 0.3 is 12.1 Å². The number of nitrogens with zero attached hydrogens (tertiary/aromatic N) is 5. The predicted octanol–water partition coefficient (Wildman–Crippen LogP) is 1.70. The molecule has 0 aliphatic carbocycles. The molecule has 0 spiro atoms. The number of carbonyl (C=O) groups excluding carboxylic acids is 1. The first-order valence-corrected chi connectivity index (χ1v) is 10.7. The number of likely N-dealkylation sites (tertiary alicyclic amines) is 1. The highest BCUT2D eigenvalue weighted by Crippen LogP contribution is 2.33. The summed E-state index contributed by atoms with van der Waals surface area (Å²) < 4.78 is 1.38. The smallest absolute Gasteiger partial charge is 0.407 e. The molecule has 0 radical (unpaired) electrons. The van der Waals surface area contributed by atoms with Gasteiger partial charge in [-0.25, -0.2) is 9.48 Å². The van der Waals surface area contributed by atoms with Gasteiger partial charge in [-0.1, -0.05) is 37.3 Å². The summed E-state index contributed by atoms with van der Waals surface area (Å²) in [4.78, 5) is 39.8. The average Bonchev–Trinajstić information content (AvgIpc) is 3.21. The van der Waals surface area contributed by atoms with Crippen molar-refractivity contribution in [2.24, 2.45) is 11.3 Å². The summed E-state index contributed by atoms with van der Waals surface area (Å²) in [5, 5.41) is 37.4. The van der Waals surface area contributed by atoms with Crippen molar-refractivity contribution in [3.63, 3.8) is 0 Å². The van der Waals surface area contributed by atoms with Crippen molar-refractivity contribution in [3.05, 3.63) is 41.7 Å². The molecule has 1 saturated heterocycles. The summed E-state index contributed by atoms with van der Waals surface area (Å²) >= 11 is 0. The molecular weight excluding hydrogens is 430 g/mol. The molecule has 0 bridgehead atoms. The molecule has 2 atom stereocenters. The van der Waals surface area contributed by atoms with Gasteiger partial charge < -0.3 is 25.1 Å². The van der Waals surface area contributed by atoms with Crippen LogP contribution in [0.25, 0.3) is 5.69 Å². The zero-order valence-corrected chi connectivity index (χ0v) is 18.9. The number of piperidine rings is 1. The molecule has 1 fully saturated rings. The van der Waals surface area contributed by atoms with Crippen LogP contribution in [0.1, 0.15) is 43.4 Å². The van der Waals surface area contributed by atoms with Crippen LogP contribution in [0.2, 0.25) is 0 Å². The highest BCUT2D eigenvalue weighted by molar-refractivity contribution is 5.94. The van der Waals surface area contributed by atoms with E-state index in [1.165, 1.54) is 16.5 Å². The number of aliphatic carboxylic acids is 1. The Bertz CT molecular complexity index is 1020. The Morgan fingerprint density at radius 2 is 1.88 bits per heavy atom. The topological polar surface area (TPSA) is 149 Å². The van der Waals surface area contributed by atoms with Crippen molar-refractivity contribution in [1.29, 1.82) is 0 Å². The van der Waals surface area contributed by atoms with Gasteiger partial charge in [-0.3, -0.25) is 9.59 Å². The Kier molecular flexibility index (Phi) is 7.01. The lowest BCUT2D eigenvalue weighted by Crippen LogP contribution is -2.59. The molecule has 1 aliphatic heterocycles. The highest BCUT2D eigenvalue weighted by Gasteiger charge is 2.46. The van der Waals surface area contributed by atoms with E-state index in [0.717, 1.165) is 4.90 Å². The fraction of sp³-hybridized carbons (Fsp3) is 0.500. The van der Waals surface area contributed by atoms with E-state index in [9.17, 15) is 29.7 Å². The van der Waals surface area contributed by atoms with E-state index in [1.54, 1.807) is 24.3 Å². The van der Waals surface area contributed by atoms with E-state index in [1.807, 2.05) is 19.9 Å². The number of aromatic nitrogens is 3. The number of carboxylic acid groups (broad SMARTS) is 2. The van der Waals surface area contributed by atoms with E-state index in [0.29, 0.717) is 5.69 Å². The number of hydrogen-bond donors (Lipinski definition) is 3. The molecule has 178 valence electrons. The summed E-state index contributed by atoms with van der Waals surface area (Å²) in [7, 11) is 0. The molecule has 33 heavy (non-hydrogen) atoms. The van der Waals surface area contributed by atoms with Gasteiger partial charge in [-0.05, 0) is 31.4 Å². The Labute approximate surface area is 191 Å². The van der Waals surface area contributed by atoms with Gasteiger partial charge in [0.25, 0.3) is 5.91 Å². The normalized spacial score (nSPS) is 20.6. The molecule has 3 rings (SSSR count). The monoisotopic (exact) mass is 459 g/mol. The molecule has 11 heteroatoms. The van der Waals surface area contributed by atoms with E-state index >= 15 is 0 Å². The summed E-state index contributed by atoms with van der Waals surface area (Å²) in [5.41, 5.74) is -0.576. The number of amides is 2. The number of carbonyl (C=O) groups is 3. The molecule has 1 aromatic carbocycles. The summed E-state index contributed by atoms with van der Waals surface area (Å²) in [6.07, 6.45) is -1.15. The van der Waals surface area contributed by atoms with Crippen LogP contribution >= 0.6 is 0 Å². The van der Waals surface area contributed by atoms with Crippen LogP contribution in [-0.2, 0) is 11.4 Å². The van der Waals surface area contributed by atoms with Gasteiger partial charge in [0.2, 0.25) is 0 Å². The second kappa shape index (κ2) is 9.57. The SMILES string of the molecule is CC(C)CN(C(=O)c1nnn(-c2ccccc2)c1CO)[C@@H]1CN(C(=O)O)C[C@](C)(C(=O)O)C1. The zero-order valence-electron chi connectivity index (χ0n) is 18.9. The third kappa shape index (κ3) is 4.98. The minimum absolute atomic E-state index is 0.0159. The average molecular weight is 460 g/mol. The molecular formula is C22H29N5O6. The minimum atomic E-state index is -1.35. The fourth-order valence-electron chi connectivity index (χ4n) is 4.21. The lowest BCUT2D eigenvalue weighted by Gasteiger charge is -2.45. The third-order valence-corrected chi connectivity index (χ3v) is 5.82. The van der Waals surface area contributed by atoms with Crippen LogP contribution < -0.4 is 0 Å². The van der Waals surface area contributed by atoms with E-state index < -0.39 is 36.0 Å². The van der Waals surface area contributed by atoms with Gasteiger partial charge in [0, 0.05) is 19.6 Å². The van der Waals surface area contributed by atoms with Crippen molar-refractivity contribution in [2.45, 2.75) is 39.8 Å². The van der Waals surface area contributed by atoms with Crippen molar-refractivity contribution in [1.82, 2.24) is 24.8 Å². The van der Waals surface area contributed by atoms with E-state index in [2.05, 4.69) is 10.3 Å². The molecule has 1 aliphatic rings. The molecule has 2 aromatic rings. The van der Waals surface area contributed by atoms with Crippen molar-refractivity contribution in [2.75, 3.05) is 19.6 Å². The molecule has 0 saturated carbocycles. The molecule has 2 amide bonds. The van der Waals surface area contributed by atoms with Crippen molar-refractivity contribution < 1.29 is 29.7 Å². The first-order valence-electron chi connectivity index (χ1n) is 10.7. The third-order valence-electron chi connectivity index (χ3n) is 5.82. The number of rotatable bonds is 7. The largest absolute Gasteiger partial charge is 0.481 e. The lowest BCUT2D eigenvalue weighted by molar-refractivity contribution is -0.152. The standard InChI is InChI=1S/C22H29N5O6/c1-14(2)10-26(16-9-22(3,20(30)31)13-25(11-16)21(32)33)19(29)18-17(12-28)27(24-23-18)15-7-5-4-6-8-15/h4-8,14,16,28H,9-13H2,1-3H3,(H,30,31)(H,32,33)/t16-,22+/m0/s1. The van der Waals surface area contributed by atoms with Crippen molar-refractivity contribution in [3.8, 4) is 5.69 Å². The van der Waals surface area contributed by atoms with E-state index in [-0.39, 0.29) is 43.4 Å². The van der Waals surface area contributed by atoms with Gasteiger partial charge in [0.1, 0.15) is 5.69 Å². The van der Waals surface area contributed by atoms with Gasteiger partial charge in [-0.15, -0.1) is 5.10 Å². The van der Waals surface area contributed by atoms with Crippen LogP contribution in [0.5, 0.6) is 0 Å². The Balaban J connectivity index is 2.01. The van der Waals surface area contributed by atoms with Crippen LogP contribution in [0.4, 0.5) is 4.79 Å². The Morgan fingerprint density at radius 1 is 1.21 bits per heavy atom. The predicted molar refractivity (Wildman–Crippen MR) is 117 cm³/mol. The lowest BCUT2D eigenvalue weighted by atomic mass is 9.79. The Hall–Kier alpha value is -3.47.